The van der Waals surface area contributed by atoms with Crippen LogP contribution in [0, 0.1) is 5.82 Å². The molecule has 1 fully saturated rings. The number of oxime groups is 1. The molecule has 0 aliphatic carbocycles. The van der Waals surface area contributed by atoms with Crippen molar-refractivity contribution in [2.24, 2.45) is 5.16 Å². The number of likely N-dealkylation sites (tertiary alicyclic amines) is 1. The largest absolute Gasteiger partial charge is 0.389 e. The van der Waals surface area contributed by atoms with E-state index in [1.54, 1.807) is 0 Å². The van der Waals surface area contributed by atoms with Crippen LogP contribution < -0.4 is 0 Å². The molecule has 2 aliphatic heterocycles. The Balaban J connectivity index is 1.34. The summed E-state index contributed by atoms with van der Waals surface area (Å²) in [6.07, 6.45) is 3.16. The third-order valence-electron chi connectivity index (χ3n) is 5.20. The van der Waals surface area contributed by atoms with E-state index < -0.39 is 0 Å². The Morgan fingerprint density at radius 1 is 1.08 bits per heavy atom. The Labute approximate surface area is 152 Å². The molecule has 0 unspecified atom stereocenters. The van der Waals surface area contributed by atoms with Crippen LogP contribution in [0.4, 0.5) is 4.39 Å². The SMILES string of the molecule is O=C(c1ccc(F)cc1)N1CCC2(CC1)CC(Cc1ccccc1)=NO2. The summed E-state index contributed by atoms with van der Waals surface area (Å²) >= 11 is 0. The Morgan fingerprint density at radius 3 is 2.46 bits per heavy atom. The molecule has 26 heavy (non-hydrogen) atoms. The number of nitrogens with zero attached hydrogens (tertiary/aromatic N) is 2. The fraction of sp³-hybridized carbons (Fsp3) is 0.333. The van der Waals surface area contributed by atoms with Gasteiger partial charge in [-0.1, -0.05) is 35.5 Å². The van der Waals surface area contributed by atoms with Crippen molar-refractivity contribution in [3.05, 3.63) is 71.5 Å². The smallest absolute Gasteiger partial charge is 0.253 e. The van der Waals surface area contributed by atoms with Gasteiger partial charge in [-0.2, -0.15) is 0 Å². The first kappa shape index (κ1) is 16.8. The van der Waals surface area contributed by atoms with Crippen molar-refractivity contribution in [1.82, 2.24) is 4.90 Å². The lowest BCUT2D eigenvalue weighted by molar-refractivity contribution is -0.0568. The highest BCUT2D eigenvalue weighted by Gasteiger charge is 2.42. The minimum Gasteiger partial charge on any atom is -0.389 e. The molecule has 134 valence electrons. The van der Waals surface area contributed by atoms with E-state index in [0.29, 0.717) is 18.7 Å². The van der Waals surface area contributed by atoms with Gasteiger partial charge in [0.1, 0.15) is 11.4 Å². The number of halogens is 1. The molecule has 2 aliphatic rings. The van der Waals surface area contributed by atoms with Crippen LogP contribution in [0.15, 0.2) is 59.8 Å². The van der Waals surface area contributed by atoms with Gasteiger partial charge in [-0.05, 0) is 29.8 Å². The molecule has 0 N–H and O–H groups in total. The zero-order valence-corrected chi connectivity index (χ0v) is 14.5. The van der Waals surface area contributed by atoms with Gasteiger partial charge >= 0.3 is 0 Å². The fourth-order valence-electron chi connectivity index (χ4n) is 3.68. The van der Waals surface area contributed by atoms with Crippen LogP contribution in [0.1, 0.15) is 35.2 Å². The van der Waals surface area contributed by atoms with Crippen LogP contribution >= 0.6 is 0 Å². The average Bonchev–Trinajstić information content (AvgIpc) is 3.05. The zero-order chi connectivity index (χ0) is 18.0. The third kappa shape index (κ3) is 3.47. The maximum Gasteiger partial charge on any atom is 0.253 e. The summed E-state index contributed by atoms with van der Waals surface area (Å²) in [5, 5.41) is 4.32. The highest BCUT2D eigenvalue weighted by atomic mass is 19.1. The first-order valence-electron chi connectivity index (χ1n) is 8.96. The maximum atomic E-state index is 13.0. The quantitative estimate of drug-likeness (QED) is 0.843. The van der Waals surface area contributed by atoms with Crippen molar-refractivity contribution in [2.45, 2.75) is 31.3 Å². The Kier molecular flexibility index (Phi) is 4.45. The van der Waals surface area contributed by atoms with Gasteiger partial charge in [0, 0.05) is 44.3 Å². The van der Waals surface area contributed by atoms with Crippen molar-refractivity contribution >= 4 is 11.6 Å². The predicted molar refractivity (Wildman–Crippen MR) is 97.6 cm³/mol. The van der Waals surface area contributed by atoms with E-state index in [0.717, 1.165) is 31.4 Å². The highest BCUT2D eigenvalue weighted by Crippen LogP contribution is 2.35. The summed E-state index contributed by atoms with van der Waals surface area (Å²) < 4.78 is 13.0. The molecule has 0 atom stereocenters. The summed E-state index contributed by atoms with van der Waals surface area (Å²) in [4.78, 5) is 20.2. The molecular formula is C21H21FN2O2. The van der Waals surface area contributed by atoms with Crippen LogP contribution in [0.2, 0.25) is 0 Å². The van der Waals surface area contributed by atoms with Gasteiger partial charge in [0.2, 0.25) is 0 Å². The molecule has 0 radical (unpaired) electrons. The number of hydrogen-bond donors (Lipinski definition) is 0. The number of amides is 1. The second-order valence-corrected chi connectivity index (χ2v) is 7.07. The molecule has 1 saturated heterocycles. The summed E-state index contributed by atoms with van der Waals surface area (Å²) in [6, 6.07) is 16.0. The number of hydrogen-bond acceptors (Lipinski definition) is 3. The molecule has 4 nitrogen and oxygen atoms in total. The molecule has 2 heterocycles. The lowest BCUT2D eigenvalue weighted by Gasteiger charge is -2.37. The zero-order valence-electron chi connectivity index (χ0n) is 14.5. The van der Waals surface area contributed by atoms with Gasteiger partial charge in [-0.15, -0.1) is 0 Å². The summed E-state index contributed by atoms with van der Waals surface area (Å²) in [6.45, 7) is 1.26. The van der Waals surface area contributed by atoms with Crippen molar-refractivity contribution in [1.29, 1.82) is 0 Å². The van der Waals surface area contributed by atoms with Crippen LogP contribution in [0.25, 0.3) is 0 Å². The fourth-order valence-corrected chi connectivity index (χ4v) is 3.68. The van der Waals surface area contributed by atoms with Gasteiger partial charge in [0.05, 0.1) is 5.71 Å². The second kappa shape index (κ2) is 6.90. The number of carbonyl (C=O) groups is 1. The van der Waals surface area contributed by atoms with E-state index in [2.05, 4.69) is 17.3 Å². The topological polar surface area (TPSA) is 41.9 Å². The number of rotatable bonds is 3. The predicted octanol–water partition coefficient (Wildman–Crippen LogP) is 3.82. The Hall–Kier alpha value is -2.69. The van der Waals surface area contributed by atoms with Crippen molar-refractivity contribution in [3.63, 3.8) is 0 Å². The average molecular weight is 352 g/mol. The normalized spacial score (nSPS) is 18.5. The van der Waals surface area contributed by atoms with Crippen LogP contribution in [-0.2, 0) is 11.3 Å². The number of piperidine rings is 1. The molecule has 0 bridgehead atoms. The molecule has 0 aromatic heterocycles. The molecule has 1 amide bonds. The van der Waals surface area contributed by atoms with E-state index in [-0.39, 0.29) is 17.3 Å². The van der Waals surface area contributed by atoms with Crippen LogP contribution in [-0.4, -0.2) is 35.2 Å². The summed E-state index contributed by atoms with van der Waals surface area (Å²) in [5.74, 6) is -0.384. The Morgan fingerprint density at radius 2 is 1.77 bits per heavy atom. The summed E-state index contributed by atoms with van der Waals surface area (Å²) in [7, 11) is 0. The molecular weight excluding hydrogens is 331 g/mol. The summed E-state index contributed by atoms with van der Waals surface area (Å²) in [5.41, 5.74) is 2.55. The lowest BCUT2D eigenvalue weighted by atomic mass is 9.85. The Bertz CT molecular complexity index is 810. The van der Waals surface area contributed by atoms with Gasteiger partial charge in [0.25, 0.3) is 5.91 Å². The molecule has 2 aromatic carbocycles. The first-order valence-corrected chi connectivity index (χ1v) is 8.96. The molecule has 1 spiro atoms. The van der Waals surface area contributed by atoms with E-state index in [9.17, 15) is 9.18 Å². The monoisotopic (exact) mass is 352 g/mol. The lowest BCUT2D eigenvalue weighted by Crippen LogP contribution is -2.46. The van der Waals surface area contributed by atoms with Gasteiger partial charge in [-0.3, -0.25) is 4.79 Å². The minimum absolute atomic E-state index is 0.0525. The van der Waals surface area contributed by atoms with E-state index in [1.165, 1.54) is 29.8 Å². The van der Waals surface area contributed by atoms with E-state index >= 15 is 0 Å². The highest BCUT2D eigenvalue weighted by molar-refractivity contribution is 5.94. The molecule has 5 heteroatoms. The van der Waals surface area contributed by atoms with Crippen LogP contribution in [0.5, 0.6) is 0 Å². The number of benzene rings is 2. The second-order valence-electron chi connectivity index (χ2n) is 7.07. The maximum absolute atomic E-state index is 13.0. The molecule has 2 aromatic rings. The van der Waals surface area contributed by atoms with Crippen molar-refractivity contribution in [2.75, 3.05) is 13.1 Å². The van der Waals surface area contributed by atoms with E-state index in [4.69, 9.17) is 4.84 Å². The standard InChI is InChI=1S/C21H21FN2O2/c22-18-8-6-17(7-9-18)20(25)24-12-10-21(11-13-24)15-19(23-26-21)14-16-4-2-1-3-5-16/h1-9H,10-15H2. The first-order chi connectivity index (χ1) is 12.6. The molecule has 0 saturated carbocycles. The van der Waals surface area contributed by atoms with Gasteiger partial charge < -0.3 is 9.74 Å². The van der Waals surface area contributed by atoms with Crippen molar-refractivity contribution in [3.8, 4) is 0 Å². The third-order valence-corrected chi connectivity index (χ3v) is 5.20. The van der Waals surface area contributed by atoms with Gasteiger partial charge in [-0.25, -0.2) is 4.39 Å². The minimum atomic E-state index is -0.332. The van der Waals surface area contributed by atoms with Gasteiger partial charge in [0.15, 0.2) is 0 Å². The number of carbonyl (C=O) groups excluding carboxylic acids is 1. The van der Waals surface area contributed by atoms with Crippen LogP contribution in [0.3, 0.4) is 0 Å². The molecule has 4 rings (SSSR count). The van der Waals surface area contributed by atoms with E-state index in [1.807, 2.05) is 23.1 Å². The van der Waals surface area contributed by atoms with Crippen molar-refractivity contribution < 1.29 is 14.0 Å².